The molecule has 0 aliphatic rings. The number of rotatable bonds is 6. The van der Waals surface area contributed by atoms with E-state index < -0.39 is 5.97 Å². The molecule has 1 aromatic carbocycles. The van der Waals surface area contributed by atoms with Gasteiger partial charge >= 0.3 is 12.0 Å². The van der Waals surface area contributed by atoms with Crippen LogP contribution < -0.4 is 10.6 Å². The van der Waals surface area contributed by atoms with E-state index in [1.54, 1.807) is 12.1 Å². The second-order valence-electron chi connectivity index (χ2n) is 4.83. The van der Waals surface area contributed by atoms with Crippen LogP contribution in [0, 0.1) is 12.8 Å². The fourth-order valence-corrected chi connectivity index (χ4v) is 1.81. The third-order valence-electron chi connectivity index (χ3n) is 2.91. The summed E-state index contributed by atoms with van der Waals surface area (Å²) >= 11 is 5.87. The highest BCUT2D eigenvalue weighted by Gasteiger charge is 2.09. The summed E-state index contributed by atoms with van der Waals surface area (Å²) in [6.45, 7) is 4.20. The minimum absolute atomic E-state index is 0.109. The number of carbonyl (C=O) groups excluding carboxylic acids is 1. The topological polar surface area (TPSA) is 78.4 Å². The Morgan fingerprint density at radius 3 is 2.75 bits per heavy atom. The fourth-order valence-electron chi connectivity index (χ4n) is 1.63. The number of aryl methyl sites for hydroxylation is 1. The Hall–Kier alpha value is -1.75. The van der Waals surface area contributed by atoms with E-state index in [4.69, 9.17) is 16.7 Å². The largest absolute Gasteiger partial charge is 0.481 e. The number of carbonyl (C=O) groups is 2. The average molecular weight is 299 g/mol. The third kappa shape index (κ3) is 5.93. The Bertz CT molecular complexity index is 491. The van der Waals surface area contributed by atoms with Crippen LogP contribution in [0.15, 0.2) is 18.2 Å². The van der Waals surface area contributed by atoms with Crippen molar-refractivity contribution < 1.29 is 14.7 Å². The summed E-state index contributed by atoms with van der Waals surface area (Å²) in [6, 6.07) is 4.95. The summed E-state index contributed by atoms with van der Waals surface area (Å²) in [5, 5.41) is 14.6. The number of hydrogen-bond donors (Lipinski definition) is 3. The number of aliphatic carboxylic acids is 1. The first kappa shape index (κ1) is 16.3. The number of amides is 2. The minimum Gasteiger partial charge on any atom is -0.481 e. The van der Waals surface area contributed by atoms with E-state index in [0.29, 0.717) is 23.7 Å². The summed E-state index contributed by atoms with van der Waals surface area (Å²) in [4.78, 5) is 22.2. The lowest BCUT2D eigenvalue weighted by Crippen LogP contribution is -2.32. The van der Waals surface area contributed by atoms with Gasteiger partial charge in [0.2, 0.25) is 0 Å². The number of anilines is 1. The standard InChI is InChI=1S/C14H19ClN2O3/c1-9(3-6-13(18)19)8-16-14(20)17-12-7-11(15)5-4-10(12)2/h4-5,7,9H,3,6,8H2,1-2H3,(H,18,19)(H2,16,17,20). The summed E-state index contributed by atoms with van der Waals surface area (Å²) < 4.78 is 0. The Morgan fingerprint density at radius 1 is 1.40 bits per heavy atom. The zero-order valence-corrected chi connectivity index (χ0v) is 12.3. The van der Waals surface area contributed by atoms with Crippen LogP contribution >= 0.6 is 11.6 Å². The first-order chi connectivity index (χ1) is 9.38. The number of carboxylic acid groups (broad SMARTS) is 1. The van der Waals surface area contributed by atoms with Crippen molar-refractivity contribution >= 4 is 29.3 Å². The first-order valence-corrected chi connectivity index (χ1v) is 6.79. The van der Waals surface area contributed by atoms with Gasteiger partial charge in [0.1, 0.15) is 0 Å². The Kier molecular flexibility index (Phi) is 6.31. The van der Waals surface area contributed by atoms with Crippen molar-refractivity contribution in [2.75, 3.05) is 11.9 Å². The maximum atomic E-state index is 11.7. The van der Waals surface area contributed by atoms with Gasteiger partial charge in [-0.25, -0.2) is 4.79 Å². The van der Waals surface area contributed by atoms with Crippen LogP contribution in [0.25, 0.3) is 0 Å². The first-order valence-electron chi connectivity index (χ1n) is 6.41. The van der Waals surface area contributed by atoms with Gasteiger partial charge in [-0.1, -0.05) is 24.6 Å². The molecule has 1 rings (SSSR count). The lowest BCUT2D eigenvalue weighted by atomic mass is 10.1. The van der Waals surface area contributed by atoms with Gasteiger partial charge < -0.3 is 15.7 Å². The fraction of sp³-hybridized carbons (Fsp3) is 0.429. The molecule has 0 spiro atoms. The van der Waals surface area contributed by atoms with Crippen LogP contribution in [0.2, 0.25) is 5.02 Å². The second-order valence-corrected chi connectivity index (χ2v) is 5.27. The highest BCUT2D eigenvalue weighted by atomic mass is 35.5. The average Bonchev–Trinajstić information content (AvgIpc) is 2.38. The highest BCUT2D eigenvalue weighted by Crippen LogP contribution is 2.19. The van der Waals surface area contributed by atoms with Crippen LogP contribution in [0.3, 0.4) is 0 Å². The molecule has 110 valence electrons. The van der Waals surface area contributed by atoms with Crippen molar-refractivity contribution in [3.8, 4) is 0 Å². The van der Waals surface area contributed by atoms with Crippen molar-refractivity contribution in [3.63, 3.8) is 0 Å². The molecule has 0 aliphatic heterocycles. The summed E-state index contributed by atoms with van der Waals surface area (Å²) in [6.07, 6.45) is 0.643. The van der Waals surface area contributed by atoms with Crippen molar-refractivity contribution in [2.24, 2.45) is 5.92 Å². The molecule has 1 atom stereocenters. The lowest BCUT2D eigenvalue weighted by molar-refractivity contribution is -0.137. The van der Waals surface area contributed by atoms with Crippen LogP contribution in [0.5, 0.6) is 0 Å². The molecule has 3 N–H and O–H groups in total. The van der Waals surface area contributed by atoms with Crippen LogP contribution in [0.1, 0.15) is 25.3 Å². The van der Waals surface area contributed by atoms with E-state index in [2.05, 4.69) is 10.6 Å². The number of urea groups is 1. The number of carboxylic acids is 1. The zero-order valence-electron chi connectivity index (χ0n) is 11.6. The smallest absolute Gasteiger partial charge is 0.319 e. The molecule has 0 bridgehead atoms. The van der Waals surface area contributed by atoms with Crippen molar-refractivity contribution in [1.29, 1.82) is 0 Å². The molecule has 0 fully saturated rings. The molecule has 0 aliphatic carbocycles. The predicted octanol–water partition coefficient (Wildman–Crippen LogP) is 3.27. The van der Waals surface area contributed by atoms with Gasteiger partial charge in [0.05, 0.1) is 0 Å². The third-order valence-corrected chi connectivity index (χ3v) is 3.14. The zero-order chi connectivity index (χ0) is 15.1. The van der Waals surface area contributed by atoms with Gasteiger partial charge in [-0.15, -0.1) is 0 Å². The molecular weight excluding hydrogens is 280 g/mol. The van der Waals surface area contributed by atoms with Gasteiger partial charge in [0, 0.05) is 23.7 Å². The molecular formula is C14H19ClN2O3. The molecule has 1 aromatic rings. The van der Waals surface area contributed by atoms with E-state index >= 15 is 0 Å². The monoisotopic (exact) mass is 298 g/mol. The molecule has 20 heavy (non-hydrogen) atoms. The maximum absolute atomic E-state index is 11.7. The number of benzene rings is 1. The maximum Gasteiger partial charge on any atom is 0.319 e. The molecule has 1 unspecified atom stereocenters. The predicted molar refractivity (Wildman–Crippen MR) is 79.2 cm³/mol. The Balaban J connectivity index is 2.40. The molecule has 0 radical (unpaired) electrons. The normalized spacial score (nSPS) is 11.8. The SMILES string of the molecule is Cc1ccc(Cl)cc1NC(=O)NCC(C)CCC(=O)O. The van der Waals surface area contributed by atoms with Crippen molar-refractivity contribution in [2.45, 2.75) is 26.7 Å². The molecule has 0 saturated heterocycles. The Morgan fingerprint density at radius 2 is 2.10 bits per heavy atom. The minimum atomic E-state index is -0.823. The van der Waals surface area contributed by atoms with Crippen LogP contribution in [0.4, 0.5) is 10.5 Å². The van der Waals surface area contributed by atoms with E-state index in [9.17, 15) is 9.59 Å². The van der Waals surface area contributed by atoms with Crippen molar-refractivity contribution in [1.82, 2.24) is 5.32 Å². The molecule has 5 nitrogen and oxygen atoms in total. The number of hydrogen-bond acceptors (Lipinski definition) is 2. The molecule has 0 saturated carbocycles. The van der Waals surface area contributed by atoms with E-state index in [0.717, 1.165) is 5.56 Å². The highest BCUT2D eigenvalue weighted by molar-refractivity contribution is 6.31. The second kappa shape index (κ2) is 7.75. The summed E-state index contributed by atoms with van der Waals surface area (Å²) in [5.74, 6) is -0.715. The van der Waals surface area contributed by atoms with Crippen LogP contribution in [-0.4, -0.2) is 23.7 Å². The van der Waals surface area contributed by atoms with Crippen molar-refractivity contribution in [3.05, 3.63) is 28.8 Å². The van der Waals surface area contributed by atoms with Gasteiger partial charge in [-0.2, -0.15) is 0 Å². The van der Waals surface area contributed by atoms with Crippen LogP contribution in [-0.2, 0) is 4.79 Å². The quantitative estimate of drug-likeness (QED) is 0.754. The van der Waals surface area contributed by atoms with Gasteiger partial charge in [-0.05, 0) is 37.0 Å². The summed E-state index contributed by atoms with van der Waals surface area (Å²) in [7, 11) is 0. The van der Waals surface area contributed by atoms with Gasteiger partial charge in [-0.3, -0.25) is 4.79 Å². The summed E-state index contributed by atoms with van der Waals surface area (Å²) in [5.41, 5.74) is 1.58. The lowest BCUT2D eigenvalue weighted by Gasteiger charge is -2.13. The molecule has 0 heterocycles. The van der Waals surface area contributed by atoms with E-state index in [1.165, 1.54) is 0 Å². The molecule has 0 aromatic heterocycles. The van der Waals surface area contributed by atoms with Gasteiger partial charge in [0.25, 0.3) is 0 Å². The number of halogens is 1. The Labute approximate surface area is 123 Å². The van der Waals surface area contributed by atoms with E-state index in [-0.39, 0.29) is 18.4 Å². The molecule has 2 amide bonds. The van der Waals surface area contributed by atoms with E-state index in [1.807, 2.05) is 19.9 Å². The number of nitrogens with one attached hydrogen (secondary N) is 2. The van der Waals surface area contributed by atoms with Gasteiger partial charge in [0.15, 0.2) is 0 Å². The molecule has 6 heteroatoms.